The van der Waals surface area contributed by atoms with Crippen LogP contribution in [-0.2, 0) is 10.0 Å². The lowest BCUT2D eigenvalue weighted by atomic mass is 10.2. The molecule has 0 saturated heterocycles. The number of nitrogens with one attached hydrogen (secondary N) is 3. The van der Waals surface area contributed by atoms with E-state index in [-0.39, 0.29) is 24.0 Å². The number of guanidine groups is 1. The molecule has 0 unspecified atom stereocenters. The summed E-state index contributed by atoms with van der Waals surface area (Å²) >= 11 is 0. The van der Waals surface area contributed by atoms with Crippen molar-refractivity contribution in [2.75, 3.05) is 26.4 Å². The highest BCUT2D eigenvalue weighted by atomic mass is 127. The van der Waals surface area contributed by atoms with Crippen LogP contribution < -0.4 is 15.4 Å². The third-order valence-electron chi connectivity index (χ3n) is 2.58. The Morgan fingerprint density at radius 3 is 2.47 bits per heavy atom. The molecule has 19 heavy (non-hydrogen) atoms. The first-order chi connectivity index (χ1) is 8.51. The molecule has 8 heteroatoms. The standard InChI is InChI=1S/C11H22N4O2S.HI/c1-12-11(15-10-6-3-4-7-10)13-8-5-9-14-18(2,16)17;/h3-4,10,14H,5-9H2,1-2H3,(H2,12,13,15);1H. The van der Waals surface area contributed by atoms with E-state index in [1.807, 2.05) is 0 Å². The molecule has 0 saturated carbocycles. The van der Waals surface area contributed by atoms with E-state index in [2.05, 4.69) is 32.5 Å². The molecule has 0 aliphatic heterocycles. The topological polar surface area (TPSA) is 82.6 Å². The van der Waals surface area contributed by atoms with Crippen molar-refractivity contribution >= 4 is 40.0 Å². The molecule has 1 aliphatic carbocycles. The van der Waals surface area contributed by atoms with Crippen molar-refractivity contribution in [3.05, 3.63) is 12.2 Å². The van der Waals surface area contributed by atoms with Crippen LogP contribution in [0.3, 0.4) is 0 Å². The molecule has 0 radical (unpaired) electrons. The maximum Gasteiger partial charge on any atom is 0.208 e. The lowest BCUT2D eigenvalue weighted by Crippen LogP contribution is -2.43. The summed E-state index contributed by atoms with van der Waals surface area (Å²) in [6, 6.07) is 0.422. The molecular weight excluding hydrogens is 379 g/mol. The highest BCUT2D eigenvalue weighted by Crippen LogP contribution is 2.08. The molecule has 1 rings (SSSR count). The molecular formula is C11H23IN4O2S. The quantitative estimate of drug-likeness (QED) is 0.198. The van der Waals surface area contributed by atoms with Crippen molar-refractivity contribution in [1.82, 2.24) is 15.4 Å². The number of rotatable bonds is 6. The van der Waals surface area contributed by atoms with Crippen LogP contribution >= 0.6 is 24.0 Å². The largest absolute Gasteiger partial charge is 0.356 e. The minimum Gasteiger partial charge on any atom is -0.356 e. The van der Waals surface area contributed by atoms with E-state index in [1.165, 1.54) is 0 Å². The molecule has 0 fully saturated rings. The summed E-state index contributed by atoms with van der Waals surface area (Å²) in [6.45, 7) is 1.12. The predicted molar refractivity (Wildman–Crippen MR) is 89.5 cm³/mol. The van der Waals surface area contributed by atoms with E-state index in [0.29, 0.717) is 19.1 Å². The summed E-state index contributed by atoms with van der Waals surface area (Å²) in [5.41, 5.74) is 0. The number of hydrogen-bond acceptors (Lipinski definition) is 3. The molecule has 0 aromatic rings. The smallest absolute Gasteiger partial charge is 0.208 e. The van der Waals surface area contributed by atoms with Crippen LogP contribution in [0.1, 0.15) is 19.3 Å². The first-order valence-electron chi connectivity index (χ1n) is 6.08. The van der Waals surface area contributed by atoms with E-state index in [0.717, 1.165) is 31.5 Å². The van der Waals surface area contributed by atoms with Crippen LogP contribution in [0, 0.1) is 0 Å². The van der Waals surface area contributed by atoms with E-state index in [1.54, 1.807) is 7.05 Å². The highest BCUT2D eigenvalue weighted by molar-refractivity contribution is 14.0. The van der Waals surface area contributed by atoms with Gasteiger partial charge in [-0.3, -0.25) is 4.99 Å². The van der Waals surface area contributed by atoms with Gasteiger partial charge in [0.25, 0.3) is 0 Å². The monoisotopic (exact) mass is 402 g/mol. The maximum atomic E-state index is 10.8. The lowest BCUT2D eigenvalue weighted by Gasteiger charge is -2.16. The van der Waals surface area contributed by atoms with Crippen molar-refractivity contribution in [3.8, 4) is 0 Å². The van der Waals surface area contributed by atoms with Gasteiger partial charge in [0, 0.05) is 26.2 Å². The Morgan fingerprint density at radius 2 is 1.95 bits per heavy atom. The molecule has 0 aromatic heterocycles. The molecule has 0 heterocycles. The zero-order chi connectivity index (χ0) is 13.4. The van der Waals surface area contributed by atoms with E-state index in [4.69, 9.17) is 0 Å². The van der Waals surface area contributed by atoms with E-state index >= 15 is 0 Å². The number of nitrogens with zero attached hydrogens (tertiary/aromatic N) is 1. The second-order valence-electron chi connectivity index (χ2n) is 4.30. The van der Waals surface area contributed by atoms with Crippen molar-refractivity contribution in [2.45, 2.75) is 25.3 Å². The van der Waals surface area contributed by atoms with Gasteiger partial charge in [-0.25, -0.2) is 13.1 Å². The van der Waals surface area contributed by atoms with E-state index in [9.17, 15) is 8.42 Å². The van der Waals surface area contributed by atoms with Gasteiger partial charge < -0.3 is 10.6 Å². The summed E-state index contributed by atoms with van der Waals surface area (Å²) in [6.07, 6.45) is 8.24. The number of sulfonamides is 1. The number of halogens is 1. The molecule has 0 aromatic carbocycles. The summed E-state index contributed by atoms with van der Waals surface area (Å²) in [5.74, 6) is 0.767. The third-order valence-corrected chi connectivity index (χ3v) is 3.31. The van der Waals surface area contributed by atoms with Gasteiger partial charge in [-0.15, -0.1) is 24.0 Å². The fourth-order valence-corrected chi connectivity index (χ4v) is 2.19. The minimum absolute atomic E-state index is 0. The van der Waals surface area contributed by atoms with Gasteiger partial charge in [0.1, 0.15) is 0 Å². The molecule has 0 amide bonds. The van der Waals surface area contributed by atoms with Gasteiger partial charge in [-0.1, -0.05) is 12.2 Å². The molecule has 1 aliphatic rings. The first kappa shape index (κ1) is 18.7. The average Bonchev–Trinajstić information content (AvgIpc) is 2.78. The second kappa shape index (κ2) is 9.54. The summed E-state index contributed by atoms with van der Waals surface area (Å²) in [4.78, 5) is 4.13. The fraction of sp³-hybridized carbons (Fsp3) is 0.727. The Kier molecular flexibility index (Phi) is 9.36. The Balaban J connectivity index is 0.00000324. The predicted octanol–water partition coefficient (Wildman–Crippen LogP) is 0.427. The normalized spacial score (nSPS) is 16.2. The summed E-state index contributed by atoms with van der Waals surface area (Å²) < 4.78 is 24.1. The second-order valence-corrected chi connectivity index (χ2v) is 6.14. The Morgan fingerprint density at radius 1 is 1.32 bits per heavy atom. The maximum absolute atomic E-state index is 10.8. The molecule has 0 bridgehead atoms. The fourth-order valence-electron chi connectivity index (χ4n) is 1.68. The Labute approximate surface area is 132 Å². The first-order valence-corrected chi connectivity index (χ1v) is 7.97. The van der Waals surface area contributed by atoms with Crippen LogP contribution in [0.15, 0.2) is 17.1 Å². The van der Waals surface area contributed by atoms with Crippen molar-refractivity contribution in [3.63, 3.8) is 0 Å². The van der Waals surface area contributed by atoms with Crippen LogP contribution in [0.5, 0.6) is 0 Å². The highest BCUT2D eigenvalue weighted by Gasteiger charge is 2.11. The average molecular weight is 402 g/mol. The van der Waals surface area contributed by atoms with Gasteiger partial charge in [0.15, 0.2) is 5.96 Å². The Hall–Kier alpha value is -0.350. The van der Waals surface area contributed by atoms with Crippen molar-refractivity contribution < 1.29 is 8.42 Å². The zero-order valence-electron chi connectivity index (χ0n) is 11.3. The van der Waals surface area contributed by atoms with Crippen LogP contribution in [-0.4, -0.2) is 46.8 Å². The minimum atomic E-state index is -3.08. The number of hydrogen-bond donors (Lipinski definition) is 3. The summed E-state index contributed by atoms with van der Waals surface area (Å²) in [7, 11) is -1.35. The van der Waals surface area contributed by atoms with Crippen molar-refractivity contribution in [2.24, 2.45) is 4.99 Å². The van der Waals surface area contributed by atoms with Crippen LogP contribution in [0.4, 0.5) is 0 Å². The Bertz CT molecular complexity index is 401. The molecule has 6 nitrogen and oxygen atoms in total. The van der Waals surface area contributed by atoms with Gasteiger partial charge >= 0.3 is 0 Å². The van der Waals surface area contributed by atoms with Gasteiger partial charge in [-0.2, -0.15) is 0 Å². The number of aliphatic imine (C=N–C) groups is 1. The van der Waals surface area contributed by atoms with Crippen LogP contribution in [0.2, 0.25) is 0 Å². The lowest BCUT2D eigenvalue weighted by molar-refractivity contribution is 0.583. The summed E-state index contributed by atoms with van der Waals surface area (Å²) in [5, 5.41) is 6.47. The SMILES string of the molecule is CN=C(NCCCNS(C)(=O)=O)NC1CC=CC1.I. The van der Waals surface area contributed by atoms with Gasteiger partial charge in [-0.05, 0) is 19.3 Å². The molecule has 112 valence electrons. The molecule has 0 spiro atoms. The molecule has 3 N–H and O–H groups in total. The van der Waals surface area contributed by atoms with Gasteiger partial charge in [0.05, 0.1) is 6.26 Å². The van der Waals surface area contributed by atoms with Gasteiger partial charge in [0.2, 0.25) is 10.0 Å². The van der Waals surface area contributed by atoms with Crippen LogP contribution in [0.25, 0.3) is 0 Å². The molecule has 0 atom stereocenters. The van der Waals surface area contributed by atoms with E-state index < -0.39 is 10.0 Å². The zero-order valence-corrected chi connectivity index (χ0v) is 14.5. The third kappa shape index (κ3) is 9.22. The van der Waals surface area contributed by atoms with Crippen molar-refractivity contribution in [1.29, 1.82) is 0 Å².